The SMILES string of the molecule is CC[C@H](C)NC(=O)[C@@H](Cc1ccccc1)N(Cc1ccc(Cl)cc1Cl)C(=O)CN(c1ccc(F)cc1)S(=O)(=O)c1ccc2c(c1)OCCO2. The molecule has 4 aromatic carbocycles. The number of anilines is 1. The average molecular weight is 729 g/mol. The number of fused-ring (bicyclic) bond motifs is 1. The summed E-state index contributed by atoms with van der Waals surface area (Å²) in [5.41, 5.74) is 1.32. The molecule has 5 rings (SSSR count). The first kappa shape index (κ1) is 36.0. The van der Waals surface area contributed by atoms with E-state index < -0.39 is 40.2 Å². The molecule has 9 nitrogen and oxygen atoms in total. The van der Waals surface area contributed by atoms with Gasteiger partial charge in [0.1, 0.15) is 31.6 Å². The third-order valence-electron chi connectivity index (χ3n) is 8.12. The Kier molecular flexibility index (Phi) is 11.7. The van der Waals surface area contributed by atoms with Crippen molar-refractivity contribution in [2.45, 2.75) is 50.2 Å². The maximum atomic E-state index is 14.6. The highest BCUT2D eigenvalue weighted by molar-refractivity contribution is 7.92. The molecule has 0 saturated heterocycles. The molecule has 49 heavy (non-hydrogen) atoms. The molecule has 1 aliphatic rings. The van der Waals surface area contributed by atoms with E-state index >= 15 is 0 Å². The fourth-order valence-corrected chi connectivity index (χ4v) is 7.17. The van der Waals surface area contributed by atoms with Gasteiger partial charge in [-0.25, -0.2) is 12.8 Å². The van der Waals surface area contributed by atoms with Gasteiger partial charge in [-0.3, -0.25) is 13.9 Å². The maximum Gasteiger partial charge on any atom is 0.264 e. The predicted molar refractivity (Wildman–Crippen MR) is 187 cm³/mol. The second-order valence-corrected chi connectivity index (χ2v) is 14.3. The van der Waals surface area contributed by atoms with Crippen molar-refractivity contribution >= 4 is 50.7 Å². The lowest BCUT2D eigenvalue weighted by Crippen LogP contribution is -2.54. The zero-order valence-electron chi connectivity index (χ0n) is 26.9. The lowest BCUT2D eigenvalue weighted by Gasteiger charge is -2.34. The minimum absolute atomic E-state index is 0.0396. The van der Waals surface area contributed by atoms with Crippen LogP contribution >= 0.6 is 23.2 Å². The lowest BCUT2D eigenvalue weighted by molar-refractivity contribution is -0.140. The summed E-state index contributed by atoms with van der Waals surface area (Å²) in [6.45, 7) is 3.47. The Balaban J connectivity index is 1.59. The summed E-state index contributed by atoms with van der Waals surface area (Å²) < 4.78 is 54.8. The van der Waals surface area contributed by atoms with Crippen LogP contribution in [0.25, 0.3) is 0 Å². The van der Waals surface area contributed by atoms with Crippen LogP contribution in [0.15, 0.2) is 95.9 Å². The fourth-order valence-electron chi connectivity index (χ4n) is 5.28. The Morgan fingerprint density at radius 2 is 1.61 bits per heavy atom. The van der Waals surface area contributed by atoms with Crippen molar-refractivity contribution in [1.82, 2.24) is 10.2 Å². The molecule has 2 amide bonds. The van der Waals surface area contributed by atoms with Crippen molar-refractivity contribution in [1.29, 1.82) is 0 Å². The number of carbonyl (C=O) groups is 2. The standard InChI is InChI=1S/C36H36Cl2FN3O6S/c1-3-24(2)40-36(44)32(19-25-7-5-4-6-8-25)41(22-26-9-10-27(37)20-31(26)38)35(43)23-42(29-13-11-28(39)12-14-29)49(45,46)30-15-16-33-34(21-30)48-18-17-47-33/h4-16,20-21,24,32H,3,17-19,22-23H2,1-2H3,(H,40,44)/t24-,32+/m0/s1. The van der Waals surface area contributed by atoms with Crippen molar-refractivity contribution in [3.8, 4) is 11.5 Å². The van der Waals surface area contributed by atoms with E-state index in [0.717, 1.165) is 22.0 Å². The van der Waals surface area contributed by atoms with Crippen molar-refractivity contribution in [2.24, 2.45) is 0 Å². The van der Waals surface area contributed by atoms with E-state index in [-0.39, 0.29) is 47.0 Å². The molecule has 0 fully saturated rings. The Bertz CT molecular complexity index is 1900. The van der Waals surface area contributed by atoms with Gasteiger partial charge in [0.15, 0.2) is 11.5 Å². The van der Waals surface area contributed by atoms with Crippen LogP contribution in [-0.2, 0) is 32.6 Å². The molecule has 1 N–H and O–H groups in total. The number of rotatable bonds is 13. The monoisotopic (exact) mass is 727 g/mol. The van der Waals surface area contributed by atoms with Gasteiger partial charge in [0.2, 0.25) is 11.8 Å². The summed E-state index contributed by atoms with van der Waals surface area (Å²) in [7, 11) is -4.46. The minimum Gasteiger partial charge on any atom is -0.486 e. The molecule has 0 unspecified atom stereocenters. The molecule has 258 valence electrons. The van der Waals surface area contributed by atoms with Crippen molar-refractivity contribution in [2.75, 3.05) is 24.1 Å². The number of benzene rings is 4. The first-order valence-electron chi connectivity index (χ1n) is 15.7. The van der Waals surface area contributed by atoms with Crippen LogP contribution in [0.5, 0.6) is 11.5 Å². The number of sulfonamides is 1. The minimum atomic E-state index is -4.46. The quantitative estimate of drug-likeness (QED) is 0.165. The number of nitrogens with one attached hydrogen (secondary N) is 1. The Morgan fingerprint density at radius 1 is 0.918 bits per heavy atom. The molecule has 0 saturated carbocycles. The van der Waals surface area contributed by atoms with Gasteiger partial charge in [0, 0.05) is 35.1 Å². The molecule has 1 aliphatic heterocycles. The van der Waals surface area contributed by atoms with Gasteiger partial charge < -0.3 is 19.7 Å². The molecule has 2 atom stereocenters. The van der Waals surface area contributed by atoms with Crippen LogP contribution in [0.4, 0.5) is 10.1 Å². The Labute approximate surface area is 295 Å². The zero-order chi connectivity index (χ0) is 35.1. The molecular formula is C36H36Cl2FN3O6S. The van der Waals surface area contributed by atoms with Gasteiger partial charge in [-0.05, 0) is 73.0 Å². The number of carbonyl (C=O) groups excluding carboxylic acids is 2. The third kappa shape index (κ3) is 8.83. The molecule has 1 heterocycles. The van der Waals surface area contributed by atoms with Gasteiger partial charge in [-0.15, -0.1) is 0 Å². The Morgan fingerprint density at radius 3 is 2.29 bits per heavy atom. The number of nitrogens with zero attached hydrogens (tertiary/aromatic N) is 2. The van der Waals surface area contributed by atoms with Crippen molar-refractivity contribution in [3.05, 3.63) is 118 Å². The smallest absolute Gasteiger partial charge is 0.264 e. The van der Waals surface area contributed by atoms with E-state index in [1.165, 1.54) is 41.3 Å². The molecule has 0 spiro atoms. The largest absolute Gasteiger partial charge is 0.486 e. The number of hydrogen-bond donors (Lipinski definition) is 1. The highest BCUT2D eigenvalue weighted by Gasteiger charge is 2.35. The molecule has 0 radical (unpaired) electrons. The topological polar surface area (TPSA) is 105 Å². The van der Waals surface area contributed by atoms with E-state index in [1.807, 2.05) is 44.2 Å². The number of hydrogen-bond acceptors (Lipinski definition) is 6. The van der Waals surface area contributed by atoms with E-state index in [4.69, 9.17) is 32.7 Å². The van der Waals surface area contributed by atoms with Crippen LogP contribution in [0.3, 0.4) is 0 Å². The fraction of sp³-hybridized carbons (Fsp3) is 0.278. The predicted octanol–water partition coefficient (Wildman–Crippen LogP) is 6.65. The highest BCUT2D eigenvalue weighted by atomic mass is 35.5. The van der Waals surface area contributed by atoms with E-state index in [0.29, 0.717) is 29.4 Å². The molecular weight excluding hydrogens is 692 g/mol. The van der Waals surface area contributed by atoms with Crippen molar-refractivity contribution in [3.63, 3.8) is 0 Å². The van der Waals surface area contributed by atoms with Crippen LogP contribution in [0.2, 0.25) is 10.0 Å². The van der Waals surface area contributed by atoms with Crippen LogP contribution < -0.4 is 19.1 Å². The summed E-state index contributed by atoms with van der Waals surface area (Å²) in [4.78, 5) is 29.8. The van der Waals surface area contributed by atoms with E-state index in [9.17, 15) is 22.4 Å². The van der Waals surface area contributed by atoms with Gasteiger partial charge in [0.05, 0.1) is 10.6 Å². The molecule has 0 aromatic heterocycles. The summed E-state index contributed by atoms with van der Waals surface area (Å²) in [5, 5.41) is 3.64. The van der Waals surface area contributed by atoms with Crippen LogP contribution in [0, 0.1) is 5.82 Å². The average Bonchev–Trinajstić information content (AvgIpc) is 3.10. The van der Waals surface area contributed by atoms with E-state index in [2.05, 4.69) is 5.32 Å². The number of halogens is 3. The Hall–Kier alpha value is -4.32. The van der Waals surface area contributed by atoms with Crippen LogP contribution in [-0.4, -0.2) is 57.0 Å². The van der Waals surface area contributed by atoms with Gasteiger partial charge in [0.25, 0.3) is 10.0 Å². The number of ether oxygens (including phenoxy) is 2. The molecule has 0 aliphatic carbocycles. The summed E-state index contributed by atoms with van der Waals surface area (Å²) in [5.74, 6) is -1.08. The number of amides is 2. The molecule has 13 heteroatoms. The second kappa shape index (κ2) is 15.9. The lowest BCUT2D eigenvalue weighted by atomic mass is 10.0. The molecule has 0 bridgehead atoms. The normalized spacial score (nSPS) is 13.7. The first-order valence-corrected chi connectivity index (χ1v) is 17.9. The van der Waals surface area contributed by atoms with Crippen LogP contribution in [0.1, 0.15) is 31.4 Å². The zero-order valence-corrected chi connectivity index (χ0v) is 29.3. The third-order valence-corrected chi connectivity index (χ3v) is 10.5. The maximum absolute atomic E-state index is 14.6. The second-order valence-electron chi connectivity index (χ2n) is 11.6. The van der Waals surface area contributed by atoms with Gasteiger partial charge in [-0.2, -0.15) is 0 Å². The molecule has 4 aromatic rings. The summed E-state index contributed by atoms with van der Waals surface area (Å²) in [6.07, 6.45) is 0.776. The highest BCUT2D eigenvalue weighted by Crippen LogP contribution is 2.34. The summed E-state index contributed by atoms with van der Waals surface area (Å²) in [6, 6.07) is 21.7. The summed E-state index contributed by atoms with van der Waals surface area (Å²) >= 11 is 12.7. The van der Waals surface area contributed by atoms with Gasteiger partial charge >= 0.3 is 0 Å². The van der Waals surface area contributed by atoms with Gasteiger partial charge in [-0.1, -0.05) is 66.5 Å². The first-order chi connectivity index (χ1) is 23.5. The van der Waals surface area contributed by atoms with Crippen molar-refractivity contribution < 1.29 is 31.9 Å². The van der Waals surface area contributed by atoms with E-state index in [1.54, 1.807) is 12.1 Å².